The number of anilines is 1. The van der Waals surface area contributed by atoms with Crippen molar-refractivity contribution in [3.63, 3.8) is 0 Å². The van der Waals surface area contributed by atoms with E-state index in [-0.39, 0.29) is 0 Å². The van der Waals surface area contributed by atoms with Crippen molar-refractivity contribution in [3.8, 4) is 5.75 Å². The van der Waals surface area contributed by atoms with Gasteiger partial charge in [0.2, 0.25) is 0 Å². The van der Waals surface area contributed by atoms with Crippen LogP contribution in [0.4, 0.5) is 5.69 Å². The summed E-state index contributed by atoms with van der Waals surface area (Å²) in [6, 6.07) is 8.95. The van der Waals surface area contributed by atoms with Gasteiger partial charge < -0.3 is 15.0 Å². The molecule has 1 heterocycles. The van der Waals surface area contributed by atoms with Crippen LogP contribution in [-0.2, 0) is 0 Å². The van der Waals surface area contributed by atoms with Crippen molar-refractivity contribution in [2.45, 2.75) is 45.6 Å². The number of benzene rings is 1. The number of hydrogen-bond donors (Lipinski definition) is 1. The topological polar surface area (TPSA) is 24.5 Å². The molecule has 1 fully saturated rings. The molecule has 0 aliphatic carbocycles. The van der Waals surface area contributed by atoms with Gasteiger partial charge in [0.05, 0.1) is 6.61 Å². The van der Waals surface area contributed by atoms with Gasteiger partial charge >= 0.3 is 0 Å². The first kappa shape index (κ1) is 15.2. The van der Waals surface area contributed by atoms with Gasteiger partial charge in [-0.1, -0.05) is 6.92 Å². The summed E-state index contributed by atoms with van der Waals surface area (Å²) in [7, 11) is 0. The van der Waals surface area contributed by atoms with Crippen LogP contribution in [0.2, 0.25) is 0 Å². The van der Waals surface area contributed by atoms with Crippen molar-refractivity contribution in [2.24, 2.45) is 0 Å². The summed E-state index contributed by atoms with van der Waals surface area (Å²) in [5.41, 5.74) is 1.21. The van der Waals surface area contributed by atoms with Gasteiger partial charge in [0.15, 0.2) is 0 Å². The summed E-state index contributed by atoms with van der Waals surface area (Å²) in [5.74, 6) is 0.952. The van der Waals surface area contributed by atoms with Gasteiger partial charge in [-0.25, -0.2) is 0 Å². The normalized spacial score (nSPS) is 20.4. The first-order valence-electron chi connectivity index (χ1n) is 8.03. The van der Waals surface area contributed by atoms with Gasteiger partial charge in [-0.15, -0.1) is 0 Å². The molecule has 1 unspecified atom stereocenters. The van der Waals surface area contributed by atoms with Crippen molar-refractivity contribution in [1.29, 1.82) is 0 Å². The number of nitrogens with one attached hydrogen (secondary N) is 1. The minimum absolute atomic E-state index is 0.606. The molecule has 3 heteroatoms. The third kappa shape index (κ3) is 4.71. The Labute approximate surface area is 123 Å². The molecule has 2 rings (SSSR count). The van der Waals surface area contributed by atoms with Crippen LogP contribution >= 0.6 is 0 Å². The van der Waals surface area contributed by atoms with E-state index in [4.69, 9.17) is 4.74 Å². The quantitative estimate of drug-likeness (QED) is 0.856. The maximum atomic E-state index is 5.48. The fourth-order valence-corrected chi connectivity index (χ4v) is 2.89. The lowest BCUT2D eigenvalue weighted by Gasteiger charge is -2.20. The summed E-state index contributed by atoms with van der Waals surface area (Å²) < 4.78 is 5.48. The number of ether oxygens (including phenoxy) is 1. The Bertz CT molecular complexity index is 377. The Morgan fingerprint density at radius 2 is 1.95 bits per heavy atom. The lowest BCUT2D eigenvalue weighted by molar-refractivity contribution is 0.285. The first-order valence-corrected chi connectivity index (χ1v) is 8.03. The van der Waals surface area contributed by atoms with E-state index >= 15 is 0 Å². The van der Waals surface area contributed by atoms with E-state index < -0.39 is 0 Å². The molecule has 1 aliphatic heterocycles. The Morgan fingerprint density at radius 1 is 1.15 bits per heavy atom. The molecule has 1 saturated heterocycles. The Balaban J connectivity index is 1.83. The van der Waals surface area contributed by atoms with Crippen LogP contribution < -0.4 is 10.1 Å². The Kier molecular flexibility index (Phi) is 6.19. The molecule has 0 saturated carbocycles. The molecule has 0 amide bonds. The van der Waals surface area contributed by atoms with E-state index in [1.165, 1.54) is 51.0 Å². The molecular formula is C17H28N2O. The van der Waals surface area contributed by atoms with Crippen LogP contribution in [-0.4, -0.2) is 37.2 Å². The first-order chi connectivity index (χ1) is 9.81. The van der Waals surface area contributed by atoms with Gasteiger partial charge in [-0.2, -0.15) is 0 Å². The minimum atomic E-state index is 0.606. The zero-order valence-electron chi connectivity index (χ0n) is 12.9. The van der Waals surface area contributed by atoms with Gasteiger partial charge in [0.1, 0.15) is 5.75 Å². The van der Waals surface area contributed by atoms with Gasteiger partial charge in [0, 0.05) is 18.3 Å². The molecule has 20 heavy (non-hydrogen) atoms. The smallest absolute Gasteiger partial charge is 0.119 e. The van der Waals surface area contributed by atoms with Gasteiger partial charge in [0.25, 0.3) is 0 Å². The number of rotatable bonds is 6. The second kappa shape index (κ2) is 8.15. The molecule has 1 aromatic rings. The molecule has 1 N–H and O–H groups in total. The van der Waals surface area contributed by atoms with Crippen molar-refractivity contribution < 1.29 is 4.74 Å². The molecule has 0 spiro atoms. The largest absolute Gasteiger partial charge is 0.494 e. The molecule has 1 aromatic carbocycles. The molecule has 0 aromatic heterocycles. The highest BCUT2D eigenvalue weighted by molar-refractivity contribution is 5.47. The lowest BCUT2D eigenvalue weighted by atomic mass is 10.1. The molecule has 1 aliphatic rings. The Morgan fingerprint density at radius 3 is 2.65 bits per heavy atom. The second-order valence-electron chi connectivity index (χ2n) is 5.57. The third-order valence-electron chi connectivity index (χ3n) is 3.90. The van der Waals surface area contributed by atoms with Crippen LogP contribution in [0.3, 0.4) is 0 Å². The SMILES string of the molecule is CCCN1CCCC(Nc2ccc(OCC)cc2)CC1. The highest BCUT2D eigenvalue weighted by Gasteiger charge is 2.16. The summed E-state index contributed by atoms with van der Waals surface area (Å²) in [5, 5.41) is 3.67. The van der Waals surface area contributed by atoms with Crippen LogP contribution in [0.25, 0.3) is 0 Å². The van der Waals surface area contributed by atoms with Crippen molar-refractivity contribution in [3.05, 3.63) is 24.3 Å². The number of hydrogen-bond acceptors (Lipinski definition) is 3. The average molecular weight is 276 g/mol. The van der Waals surface area contributed by atoms with E-state index in [0.29, 0.717) is 6.04 Å². The molecule has 0 radical (unpaired) electrons. The fraction of sp³-hybridized carbons (Fsp3) is 0.647. The zero-order valence-corrected chi connectivity index (χ0v) is 12.9. The summed E-state index contributed by atoms with van der Waals surface area (Å²) >= 11 is 0. The van der Waals surface area contributed by atoms with E-state index in [2.05, 4.69) is 29.3 Å². The van der Waals surface area contributed by atoms with Crippen LogP contribution in [0.15, 0.2) is 24.3 Å². The van der Waals surface area contributed by atoms with Crippen LogP contribution in [0.5, 0.6) is 5.75 Å². The van der Waals surface area contributed by atoms with E-state index in [1.807, 2.05) is 19.1 Å². The highest BCUT2D eigenvalue weighted by Crippen LogP contribution is 2.20. The molecule has 112 valence electrons. The minimum Gasteiger partial charge on any atom is -0.494 e. The third-order valence-corrected chi connectivity index (χ3v) is 3.90. The van der Waals surface area contributed by atoms with Gasteiger partial charge in [-0.05, 0) is 70.0 Å². The predicted molar refractivity (Wildman–Crippen MR) is 85.6 cm³/mol. The van der Waals surface area contributed by atoms with E-state index in [1.54, 1.807) is 0 Å². The van der Waals surface area contributed by atoms with Crippen LogP contribution in [0.1, 0.15) is 39.5 Å². The van der Waals surface area contributed by atoms with Crippen molar-refractivity contribution in [1.82, 2.24) is 4.90 Å². The Hall–Kier alpha value is -1.22. The zero-order chi connectivity index (χ0) is 14.2. The van der Waals surface area contributed by atoms with Crippen molar-refractivity contribution in [2.75, 3.05) is 31.6 Å². The summed E-state index contributed by atoms with van der Waals surface area (Å²) in [4.78, 5) is 2.60. The molecule has 3 nitrogen and oxygen atoms in total. The second-order valence-corrected chi connectivity index (χ2v) is 5.57. The van der Waals surface area contributed by atoms with Crippen molar-refractivity contribution >= 4 is 5.69 Å². The summed E-state index contributed by atoms with van der Waals surface area (Å²) in [6.45, 7) is 8.73. The molecule has 0 bridgehead atoms. The average Bonchev–Trinajstić information content (AvgIpc) is 2.68. The molecule has 1 atom stereocenters. The molecular weight excluding hydrogens is 248 g/mol. The maximum absolute atomic E-state index is 5.48. The van der Waals surface area contributed by atoms with E-state index in [9.17, 15) is 0 Å². The maximum Gasteiger partial charge on any atom is 0.119 e. The predicted octanol–water partition coefficient (Wildman–Crippen LogP) is 3.76. The van der Waals surface area contributed by atoms with Gasteiger partial charge in [-0.3, -0.25) is 0 Å². The van der Waals surface area contributed by atoms with E-state index in [0.717, 1.165) is 12.4 Å². The standard InChI is InChI=1S/C17H28N2O/c1-3-12-19-13-5-6-15(11-14-19)18-16-7-9-17(10-8-16)20-4-2/h7-10,15,18H,3-6,11-14H2,1-2H3. The fourth-order valence-electron chi connectivity index (χ4n) is 2.89. The summed E-state index contributed by atoms with van der Waals surface area (Å²) in [6.07, 6.45) is 5.08. The lowest BCUT2D eigenvalue weighted by Crippen LogP contribution is -2.27. The monoisotopic (exact) mass is 276 g/mol. The number of nitrogens with zero attached hydrogens (tertiary/aromatic N) is 1. The van der Waals surface area contributed by atoms with Crippen LogP contribution in [0, 0.1) is 0 Å². The number of likely N-dealkylation sites (tertiary alicyclic amines) is 1. The highest BCUT2D eigenvalue weighted by atomic mass is 16.5.